The smallest absolute Gasteiger partial charge is 0.306 e. The lowest BCUT2D eigenvalue weighted by Gasteiger charge is -2.18. The van der Waals surface area contributed by atoms with Gasteiger partial charge in [-0.25, -0.2) is 0 Å². The predicted molar refractivity (Wildman–Crippen MR) is 181 cm³/mol. The third kappa shape index (κ3) is 32.9. The van der Waals surface area contributed by atoms with Gasteiger partial charge >= 0.3 is 11.9 Å². The van der Waals surface area contributed by atoms with Crippen molar-refractivity contribution < 1.29 is 19.4 Å². The Morgan fingerprint density at radius 2 is 0.929 bits per heavy atom. The maximum Gasteiger partial charge on any atom is 0.306 e. The van der Waals surface area contributed by atoms with Crippen LogP contribution in [0.1, 0.15) is 200 Å². The van der Waals surface area contributed by atoms with E-state index in [0.717, 1.165) is 64.2 Å². The van der Waals surface area contributed by atoms with Gasteiger partial charge in [0.25, 0.3) is 0 Å². The highest BCUT2D eigenvalue weighted by atomic mass is 16.5. The topological polar surface area (TPSA) is 63.6 Å². The molecular weight excluding hydrogens is 520 g/mol. The zero-order valence-corrected chi connectivity index (χ0v) is 28.1. The van der Waals surface area contributed by atoms with E-state index >= 15 is 0 Å². The van der Waals surface area contributed by atoms with E-state index in [2.05, 4.69) is 38.2 Å². The van der Waals surface area contributed by atoms with Gasteiger partial charge in [-0.05, 0) is 70.6 Å². The van der Waals surface area contributed by atoms with Crippen LogP contribution in [0.25, 0.3) is 0 Å². The molecule has 0 spiro atoms. The van der Waals surface area contributed by atoms with Gasteiger partial charge in [-0.2, -0.15) is 0 Å². The summed E-state index contributed by atoms with van der Waals surface area (Å²) in [7, 11) is 0. The predicted octanol–water partition coefficient (Wildman–Crippen LogP) is 12.4. The van der Waals surface area contributed by atoms with Crippen LogP contribution in [0.5, 0.6) is 0 Å². The first kappa shape index (κ1) is 40.4. The molecule has 246 valence electrons. The molecule has 0 heterocycles. The van der Waals surface area contributed by atoms with Crippen LogP contribution in [-0.4, -0.2) is 23.1 Å². The van der Waals surface area contributed by atoms with E-state index in [9.17, 15) is 9.59 Å². The summed E-state index contributed by atoms with van der Waals surface area (Å²) in [5.41, 5.74) is 0. The summed E-state index contributed by atoms with van der Waals surface area (Å²) in [5, 5.41) is 8.81. The van der Waals surface area contributed by atoms with E-state index in [1.54, 1.807) is 0 Å². The third-order valence-corrected chi connectivity index (χ3v) is 8.18. The van der Waals surface area contributed by atoms with Crippen LogP contribution in [0.2, 0.25) is 0 Å². The Labute approximate surface area is 261 Å². The number of ether oxygens (including phenoxy) is 1. The van der Waals surface area contributed by atoms with Gasteiger partial charge in [0.05, 0.1) is 0 Å². The molecule has 0 amide bonds. The molecule has 0 aromatic carbocycles. The van der Waals surface area contributed by atoms with Crippen LogP contribution < -0.4 is 0 Å². The quantitative estimate of drug-likeness (QED) is 0.0469. The van der Waals surface area contributed by atoms with Gasteiger partial charge in [-0.3, -0.25) is 9.59 Å². The molecule has 42 heavy (non-hydrogen) atoms. The van der Waals surface area contributed by atoms with Crippen LogP contribution in [-0.2, 0) is 14.3 Å². The summed E-state index contributed by atoms with van der Waals surface area (Å²) in [4.78, 5) is 23.3. The van der Waals surface area contributed by atoms with E-state index in [1.165, 1.54) is 109 Å². The molecule has 4 heteroatoms. The van der Waals surface area contributed by atoms with Gasteiger partial charge in [0.15, 0.2) is 0 Å². The first-order valence-corrected chi connectivity index (χ1v) is 18.3. The number of carboxylic acids is 1. The summed E-state index contributed by atoms with van der Waals surface area (Å²) in [6, 6.07) is 0. The normalized spacial score (nSPS) is 12.4. The molecule has 0 radical (unpaired) electrons. The van der Waals surface area contributed by atoms with Gasteiger partial charge in [0.2, 0.25) is 0 Å². The zero-order chi connectivity index (χ0) is 30.8. The van der Waals surface area contributed by atoms with Crippen molar-refractivity contribution in [3.63, 3.8) is 0 Å². The molecule has 0 saturated carbocycles. The van der Waals surface area contributed by atoms with Crippen molar-refractivity contribution in [3.8, 4) is 0 Å². The summed E-state index contributed by atoms with van der Waals surface area (Å²) < 4.78 is 5.94. The second-order valence-electron chi connectivity index (χ2n) is 12.4. The lowest BCUT2D eigenvalue weighted by molar-refractivity contribution is -0.150. The first-order chi connectivity index (χ1) is 20.6. The molecule has 0 aromatic heterocycles. The minimum Gasteiger partial charge on any atom is -0.481 e. The number of carboxylic acid groups (broad SMARTS) is 1. The van der Waals surface area contributed by atoms with E-state index in [4.69, 9.17) is 9.84 Å². The Hall–Kier alpha value is -1.58. The zero-order valence-electron chi connectivity index (χ0n) is 28.1. The molecule has 1 N–H and O–H groups in total. The van der Waals surface area contributed by atoms with Gasteiger partial charge in [-0.1, -0.05) is 141 Å². The van der Waals surface area contributed by atoms with E-state index in [-0.39, 0.29) is 18.5 Å². The van der Waals surface area contributed by atoms with Crippen molar-refractivity contribution in [1.82, 2.24) is 0 Å². The molecule has 0 aliphatic rings. The fraction of sp³-hybridized carbons (Fsp3) is 0.842. The van der Waals surface area contributed by atoms with Crippen LogP contribution in [0, 0.1) is 0 Å². The number of esters is 1. The number of carbonyl (C=O) groups is 2. The molecule has 0 aromatic rings. The molecule has 4 nitrogen and oxygen atoms in total. The molecule has 0 rings (SSSR count). The molecule has 0 fully saturated rings. The largest absolute Gasteiger partial charge is 0.481 e. The minimum atomic E-state index is -0.712. The number of aliphatic carboxylic acids is 1. The van der Waals surface area contributed by atoms with Crippen LogP contribution in [0.3, 0.4) is 0 Å². The minimum absolute atomic E-state index is 0.0203. The third-order valence-electron chi connectivity index (χ3n) is 8.18. The number of rotatable bonds is 33. The van der Waals surface area contributed by atoms with Crippen molar-refractivity contribution in [1.29, 1.82) is 0 Å². The highest BCUT2D eigenvalue weighted by molar-refractivity contribution is 5.69. The van der Waals surface area contributed by atoms with Gasteiger partial charge in [-0.15, -0.1) is 0 Å². The lowest BCUT2D eigenvalue weighted by Crippen LogP contribution is -2.18. The average Bonchev–Trinajstić information content (AvgIpc) is 2.97. The molecule has 0 saturated heterocycles. The lowest BCUT2D eigenvalue weighted by atomic mass is 10.0. The van der Waals surface area contributed by atoms with Gasteiger partial charge < -0.3 is 9.84 Å². The maximum atomic E-state index is 12.6. The number of unbranched alkanes of at least 4 members (excludes halogenated alkanes) is 20. The standard InChI is InChI=1S/C38H70O4/c1-3-5-7-9-11-13-14-15-16-17-18-19-20-21-23-25-31-35-38(41)42-36(33-29-26-27-30-34-37(39)40)32-28-24-22-12-10-8-6-4-2/h11,13,15-16,36H,3-10,12,14,17-35H2,1-2H3,(H,39,40)/b13-11-,16-15-. The number of carbonyl (C=O) groups excluding carboxylic acids is 1. The second-order valence-corrected chi connectivity index (χ2v) is 12.4. The molecule has 0 aliphatic carbocycles. The summed E-state index contributed by atoms with van der Waals surface area (Å²) in [6.07, 6.45) is 41.9. The van der Waals surface area contributed by atoms with Crippen molar-refractivity contribution in [2.75, 3.05) is 0 Å². The average molecular weight is 591 g/mol. The van der Waals surface area contributed by atoms with E-state index in [1.807, 2.05) is 0 Å². The van der Waals surface area contributed by atoms with Crippen LogP contribution >= 0.6 is 0 Å². The Balaban J connectivity index is 3.93. The Morgan fingerprint density at radius 3 is 1.45 bits per heavy atom. The van der Waals surface area contributed by atoms with Crippen molar-refractivity contribution in [2.45, 2.75) is 206 Å². The van der Waals surface area contributed by atoms with Crippen molar-refractivity contribution in [3.05, 3.63) is 24.3 Å². The maximum absolute atomic E-state index is 12.6. The van der Waals surface area contributed by atoms with Crippen molar-refractivity contribution in [2.24, 2.45) is 0 Å². The fourth-order valence-electron chi connectivity index (χ4n) is 5.45. The number of hydrogen-bond donors (Lipinski definition) is 1. The molecule has 1 unspecified atom stereocenters. The Morgan fingerprint density at radius 1 is 0.524 bits per heavy atom. The van der Waals surface area contributed by atoms with Gasteiger partial charge in [0.1, 0.15) is 6.10 Å². The van der Waals surface area contributed by atoms with Crippen LogP contribution in [0.4, 0.5) is 0 Å². The molecule has 0 aliphatic heterocycles. The van der Waals surface area contributed by atoms with E-state index in [0.29, 0.717) is 6.42 Å². The fourth-order valence-corrected chi connectivity index (χ4v) is 5.45. The number of allylic oxidation sites excluding steroid dienone is 4. The molecule has 1 atom stereocenters. The summed E-state index contributed by atoms with van der Waals surface area (Å²) in [5.74, 6) is -0.732. The van der Waals surface area contributed by atoms with Crippen molar-refractivity contribution >= 4 is 11.9 Å². The SMILES string of the molecule is CCCCC/C=C\C/C=C\CCCCCCCCCC(=O)OC(CCCCCCCCCC)CCCCCCC(=O)O. The summed E-state index contributed by atoms with van der Waals surface area (Å²) >= 11 is 0. The highest BCUT2D eigenvalue weighted by Gasteiger charge is 2.14. The van der Waals surface area contributed by atoms with Gasteiger partial charge in [0, 0.05) is 12.8 Å². The van der Waals surface area contributed by atoms with Crippen LogP contribution in [0.15, 0.2) is 24.3 Å². The second kappa shape index (κ2) is 33.9. The number of hydrogen-bond acceptors (Lipinski definition) is 3. The molecular formula is C38H70O4. The Bertz CT molecular complexity index is 639. The molecule has 0 bridgehead atoms. The monoisotopic (exact) mass is 591 g/mol. The highest BCUT2D eigenvalue weighted by Crippen LogP contribution is 2.18. The van der Waals surface area contributed by atoms with E-state index < -0.39 is 5.97 Å². The first-order valence-electron chi connectivity index (χ1n) is 18.3. The Kier molecular flexibility index (Phi) is 32.6. The summed E-state index contributed by atoms with van der Waals surface area (Å²) in [6.45, 7) is 4.51.